The summed E-state index contributed by atoms with van der Waals surface area (Å²) in [7, 11) is 0. The molecule has 0 heterocycles. The van der Waals surface area contributed by atoms with Gasteiger partial charge in [-0.25, -0.2) is 0 Å². The van der Waals surface area contributed by atoms with Gasteiger partial charge in [0.2, 0.25) is 0 Å². The Morgan fingerprint density at radius 2 is 2.00 bits per heavy atom. The second kappa shape index (κ2) is 6.75. The Labute approximate surface area is 103 Å². The first-order valence-corrected chi connectivity index (χ1v) is 5.96. The van der Waals surface area contributed by atoms with E-state index < -0.39 is 0 Å². The molecule has 0 saturated heterocycles. The van der Waals surface area contributed by atoms with Gasteiger partial charge in [0, 0.05) is 18.5 Å². The molecule has 0 atom stereocenters. The smallest absolute Gasteiger partial charge is 0.251 e. The van der Waals surface area contributed by atoms with Gasteiger partial charge in [-0.05, 0) is 30.0 Å². The van der Waals surface area contributed by atoms with E-state index in [2.05, 4.69) is 25.1 Å². The first-order valence-electron chi connectivity index (χ1n) is 5.96. The van der Waals surface area contributed by atoms with Crippen LogP contribution in [-0.4, -0.2) is 12.5 Å². The Morgan fingerprint density at radius 1 is 1.35 bits per heavy atom. The number of unbranched alkanes of at least 4 members (excludes halogenated alkanes) is 1. The molecule has 0 bridgehead atoms. The maximum atomic E-state index is 11.7. The largest absolute Gasteiger partial charge is 0.352 e. The van der Waals surface area contributed by atoms with Crippen LogP contribution in [0.1, 0.15) is 48.5 Å². The van der Waals surface area contributed by atoms with Crippen molar-refractivity contribution in [2.45, 2.75) is 32.6 Å². The quantitative estimate of drug-likeness (QED) is 0.610. The van der Waals surface area contributed by atoms with Crippen molar-refractivity contribution in [3.8, 4) is 12.3 Å². The average Bonchev–Trinajstić information content (AvgIpc) is 2.34. The molecule has 17 heavy (non-hydrogen) atoms. The summed E-state index contributed by atoms with van der Waals surface area (Å²) < 4.78 is 0. The third-order valence-corrected chi connectivity index (χ3v) is 2.62. The molecule has 0 aromatic heterocycles. The van der Waals surface area contributed by atoms with E-state index in [0.29, 0.717) is 24.4 Å². The van der Waals surface area contributed by atoms with Crippen LogP contribution in [0.25, 0.3) is 0 Å². The van der Waals surface area contributed by atoms with Crippen LogP contribution in [0.5, 0.6) is 0 Å². The van der Waals surface area contributed by atoms with Crippen molar-refractivity contribution >= 4 is 5.91 Å². The number of carbonyl (C=O) groups excluding carboxylic acids is 1. The lowest BCUT2D eigenvalue weighted by Gasteiger charge is -2.07. The molecule has 1 rings (SSSR count). The number of benzene rings is 1. The lowest BCUT2D eigenvalue weighted by atomic mass is 10.0. The highest BCUT2D eigenvalue weighted by Gasteiger charge is 2.05. The lowest BCUT2D eigenvalue weighted by molar-refractivity contribution is 0.0953. The summed E-state index contributed by atoms with van der Waals surface area (Å²) in [6.07, 6.45) is 6.67. The lowest BCUT2D eigenvalue weighted by Crippen LogP contribution is -2.24. The highest BCUT2D eigenvalue weighted by Crippen LogP contribution is 2.14. The van der Waals surface area contributed by atoms with Gasteiger partial charge in [-0.2, -0.15) is 0 Å². The minimum absolute atomic E-state index is 0.0303. The molecular formula is C15H19NO. The van der Waals surface area contributed by atoms with E-state index in [0.717, 1.165) is 6.42 Å². The summed E-state index contributed by atoms with van der Waals surface area (Å²) in [5, 5.41) is 2.85. The summed E-state index contributed by atoms with van der Waals surface area (Å²) in [6.45, 7) is 4.90. The molecule has 0 fully saturated rings. The van der Waals surface area contributed by atoms with Gasteiger partial charge in [-0.3, -0.25) is 4.79 Å². The molecule has 1 aromatic rings. The fourth-order valence-corrected chi connectivity index (χ4v) is 1.51. The van der Waals surface area contributed by atoms with E-state index in [1.54, 1.807) is 0 Å². The first-order chi connectivity index (χ1) is 8.15. The Hall–Kier alpha value is -1.75. The van der Waals surface area contributed by atoms with Crippen molar-refractivity contribution in [3.63, 3.8) is 0 Å². The van der Waals surface area contributed by atoms with Gasteiger partial charge in [-0.1, -0.05) is 26.0 Å². The zero-order valence-corrected chi connectivity index (χ0v) is 10.5. The molecule has 0 spiro atoms. The number of terminal acetylenes is 1. The molecule has 1 aromatic carbocycles. The van der Waals surface area contributed by atoms with E-state index in [-0.39, 0.29) is 5.91 Å². The van der Waals surface area contributed by atoms with Crippen molar-refractivity contribution in [2.24, 2.45) is 0 Å². The molecule has 1 amide bonds. The molecule has 2 heteroatoms. The molecular weight excluding hydrogens is 210 g/mol. The highest BCUT2D eigenvalue weighted by molar-refractivity contribution is 5.94. The van der Waals surface area contributed by atoms with Crippen LogP contribution < -0.4 is 5.32 Å². The maximum absolute atomic E-state index is 11.7. The number of rotatable bonds is 5. The Morgan fingerprint density at radius 3 is 2.53 bits per heavy atom. The third kappa shape index (κ3) is 4.32. The summed E-state index contributed by atoms with van der Waals surface area (Å²) in [5.74, 6) is 3.01. The summed E-state index contributed by atoms with van der Waals surface area (Å²) in [6, 6.07) is 7.74. The predicted molar refractivity (Wildman–Crippen MR) is 70.9 cm³/mol. The van der Waals surface area contributed by atoms with Gasteiger partial charge in [-0.15, -0.1) is 12.3 Å². The fraction of sp³-hybridized carbons (Fsp3) is 0.400. The Balaban J connectivity index is 2.49. The van der Waals surface area contributed by atoms with Gasteiger partial charge in [0.1, 0.15) is 0 Å². The van der Waals surface area contributed by atoms with Gasteiger partial charge < -0.3 is 5.32 Å². The standard InChI is InChI=1S/C15H19NO/c1-4-5-6-11-16-15(17)14-9-7-13(8-10-14)12(2)3/h1,7-10,12H,5-6,11H2,2-3H3,(H,16,17). The van der Waals surface area contributed by atoms with Crippen LogP contribution in [-0.2, 0) is 0 Å². The van der Waals surface area contributed by atoms with E-state index in [4.69, 9.17) is 6.42 Å². The van der Waals surface area contributed by atoms with Gasteiger partial charge >= 0.3 is 0 Å². The van der Waals surface area contributed by atoms with E-state index in [9.17, 15) is 4.79 Å². The van der Waals surface area contributed by atoms with Crippen LogP contribution in [0.4, 0.5) is 0 Å². The molecule has 0 aliphatic heterocycles. The van der Waals surface area contributed by atoms with Crippen LogP contribution in [0.3, 0.4) is 0 Å². The van der Waals surface area contributed by atoms with Crippen molar-refractivity contribution in [3.05, 3.63) is 35.4 Å². The monoisotopic (exact) mass is 229 g/mol. The second-order valence-corrected chi connectivity index (χ2v) is 4.34. The normalized spacial score (nSPS) is 10.0. The topological polar surface area (TPSA) is 29.1 Å². The van der Waals surface area contributed by atoms with Crippen molar-refractivity contribution in [1.29, 1.82) is 0 Å². The molecule has 1 N–H and O–H groups in total. The maximum Gasteiger partial charge on any atom is 0.251 e. The summed E-state index contributed by atoms with van der Waals surface area (Å²) in [4.78, 5) is 11.7. The second-order valence-electron chi connectivity index (χ2n) is 4.34. The van der Waals surface area contributed by atoms with Crippen molar-refractivity contribution < 1.29 is 4.79 Å². The minimum atomic E-state index is -0.0303. The molecule has 0 radical (unpaired) electrons. The van der Waals surface area contributed by atoms with Crippen LogP contribution in [0, 0.1) is 12.3 Å². The Bertz CT molecular complexity index is 398. The van der Waals surface area contributed by atoms with Crippen molar-refractivity contribution in [1.82, 2.24) is 5.32 Å². The number of hydrogen-bond acceptors (Lipinski definition) is 1. The minimum Gasteiger partial charge on any atom is -0.352 e. The SMILES string of the molecule is C#CCCCNC(=O)c1ccc(C(C)C)cc1. The first kappa shape index (κ1) is 13.3. The molecule has 0 unspecified atom stereocenters. The van der Waals surface area contributed by atoms with E-state index in [1.807, 2.05) is 24.3 Å². The average molecular weight is 229 g/mol. The van der Waals surface area contributed by atoms with E-state index >= 15 is 0 Å². The number of nitrogens with one attached hydrogen (secondary N) is 1. The van der Waals surface area contributed by atoms with Crippen LogP contribution >= 0.6 is 0 Å². The highest BCUT2D eigenvalue weighted by atomic mass is 16.1. The van der Waals surface area contributed by atoms with E-state index in [1.165, 1.54) is 5.56 Å². The summed E-state index contributed by atoms with van der Waals surface area (Å²) >= 11 is 0. The molecule has 0 aliphatic carbocycles. The zero-order valence-electron chi connectivity index (χ0n) is 10.5. The molecule has 2 nitrogen and oxygen atoms in total. The number of carbonyl (C=O) groups is 1. The number of amides is 1. The van der Waals surface area contributed by atoms with Crippen molar-refractivity contribution in [2.75, 3.05) is 6.54 Å². The van der Waals surface area contributed by atoms with Crippen LogP contribution in [0.15, 0.2) is 24.3 Å². The Kier molecular flexibility index (Phi) is 5.29. The van der Waals surface area contributed by atoms with Gasteiger partial charge in [0.05, 0.1) is 0 Å². The zero-order chi connectivity index (χ0) is 12.7. The van der Waals surface area contributed by atoms with Crippen LogP contribution in [0.2, 0.25) is 0 Å². The number of hydrogen-bond donors (Lipinski definition) is 1. The van der Waals surface area contributed by atoms with Gasteiger partial charge in [0.15, 0.2) is 0 Å². The molecule has 90 valence electrons. The summed E-state index contributed by atoms with van der Waals surface area (Å²) in [5.41, 5.74) is 1.95. The molecule has 0 saturated carbocycles. The predicted octanol–water partition coefficient (Wildman–Crippen LogP) is 2.95. The third-order valence-electron chi connectivity index (χ3n) is 2.62. The molecule has 0 aliphatic rings. The van der Waals surface area contributed by atoms with Gasteiger partial charge in [0.25, 0.3) is 5.91 Å². The fourth-order valence-electron chi connectivity index (χ4n) is 1.51.